The van der Waals surface area contributed by atoms with E-state index in [0.29, 0.717) is 13.0 Å². The predicted molar refractivity (Wildman–Crippen MR) is 55.8 cm³/mol. The predicted octanol–water partition coefficient (Wildman–Crippen LogP) is 0.364. The lowest BCUT2D eigenvalue weighted by molar-refractivity contribution is -0.140. The Hall–Kier alpha value is -0.620. The van der Waals surface area contributed by atoms with Crippen molar-refractivity contribution in [2.45, 2.75) is 30.9 Å². The molecule has 0 aromatic rings. The number of hydrogen-bond acceptors (Lipinski definition) is 4. The average molecular weight is 235 g/mol. The molecule has 1 fully saturated rings. The number of esters is 1. The summed E-state index contributed by atoms with van der Waals surface area (Å²) in [5.41, 5.74) is 0. The summed E-state index contributed by atoms with van der Waals surface area (Å²) < 4.78 is 29.1. The molecule has 1 saturated carbocycles. The fourth-order valence-electron chi connectivity index (χ4n) is 1.30. The minimum absolute atomic E-state index is 0.180. The van der Waals surface area contributed by atoms with Gasteiger partial charge in [-0.05, 0) is 19.3 Å². The summed E-state index contributed by atoms with van der Waals surface area (Å²) in [7, 11) is -0.202. The van der Waals surface area contributed by atoms with Gasteiger partial charge in [-0.15, -0.1) is 0 Å². The first kappa shape index (κ1) is 12.4. The van der Waals surface area contributed by atoms with E-state index >= 15 is 0 Å². The van der Waals surface area contributed by atoms with Crippen LogP contribution in [0.25, 0.3) is 0 Å². The maximum atomic E-state index is 11.6. The molecular weight excluding hydrogens is 218 g/mol. The molecule has 6 heteroatoms. The van der Waals surface area contributed by atoms with Crippen molar-refractivity contribution in [3.05, 3.63) is 0 Å². The summed E-state index contributed by atoms with van der Waals surface area (Å²) in [5.74, 6) is -0.299. The molecule has 0 spiro atoms. The van der Waals surface area contributed by atoms with Crippen LogP contribution in [0.15, 0.2) is 0 Å². The van der Waals surface area contributed by atoms with Gasteiger partial charge in [0.15, 0.2) is 0 Å². The second-order valence-corrected chi connectivity index (χ2v) is 6.07. The van der Waals surface area contributed by atoms with Gasteiger partial charge in [-0.3, -0.25) is 4.79 Å². The molecule has 5 nitrogen and oxygen atoms in total. The highest BCUT2D eigenvalue weighted by molar-refractivity contribution is 7.90. The van der Waals surface area contributed by atoms with Gasteiger partial charge < -0.3 is 4.74 Å². The summed E-state index contributed by atoms with van der Waals surface area (Å²) in [4.78, 5) is 10.8. The zero-order chi connectivity index (χ0) is 11.5. The van der Waals surface area contributed by atoms with Crippen LogP contribution in [0.4, 0.5) is 0 Å². The fourth-order valence-corrected chi connectivity index (χ4v) is 2.92. The molecule has 0 aromatic carbocycles. The number of carbonyl (C=O) groups is 1. The van der Waals surface area contributed by atoms with Crippen molar-refractivity contribution >= 4 is 16.0 Å². The molecule has 0 aromatic heterocycles. The third-order valence-electron chi connectivity index (χ3n) is 2.46. The number of ether oxygens (including phenoxy) is 1. The topological polar surface area (TPSA) is 63.7 Å². The van der Waals surface area contributed by atoms with Crippen molar-refractivity contribution < 1.29 is 17.9 Å². The Bertz CT molecular complexity index is 321. The van der Waals surface area contributed by atoms with Crippen LogP contribution in [0.3, 0.4) is 0 Å². The number of carbonyl (C=O) groups excluding carboxylic acids is 1. The van der Waals surface area contributed by atoms with Crippen LogP contribution in [0.1, 0.15) is 25.7 Å². The lowest BCUT2D eigenvalue weighted by atomic mass is 10.3. The summed E-state index contributed by atoms with van der Waals surface area (Å²) in [6, 6.07) is 0. The van der Waals surface area contributed by atoms with E-state index in [1.54, 1.807) is 7.05 Å². The molecule has 1 aliphatic rings. The smallest absolute Gasteiger partial charge is 0.305 e. The van der Waals surface area contributed by atoms with E-state index < -0.39 is 10.0 Å². The molecule has 0 radical (unpaired) electrons. The first-order valence-corrected chi connectivity index (χ1v) is 6.50. The monoisotopic (exact) mass is 235 g/mol. The van der Waals surface area contributed by atoms with Crippen LogP contribution in [0.5, 0.6) is 0 Å². The van der Waals surface area contributed by atoms with Crippen LogP contribution in [-0.4, -0.2) is 44.6 Å². The average Bonchev–Trinajstić information content (AvgIpc) is 3.00. The van der Waals surface area contributed by atoms with Crippen molar-refractivity contribution in [1.82, 2.24) is 4.31 Å². The highest BCUT2D eigenvalue weighted by Gasteiger charge is 2.38. The highest BCUT2D eigenvalue weighted by atomic mass is 32.2. The summed E-state index contributed by atoms with van der Waals surface area (Å²) >= 11 is 0. The van der Waals surface area contributed by atoms with Crippen molar-refractivity contribution in [2.75, 3.05) is 20.7 Å². The minimum atomic E-state index is -3.09. The van der Waals surface area contributed by atoms with E-state index in [2.05, 4.69) is 4.74 Å². The molecule has 0 bridgehead atoms. The molecule has 0 atom stereocenters. The largest absolute Gasteiger partial charge is 0.469 e. The molecule has 0 unspecified atom stereocenters. The number of nitrogens with zero attached hydrogens (tertiary/aromatic N) is 1. The van der Waals surface area contributed by atoms with Gasteiger partial charge in [-0.2, -0.15) is 0 Å². The standard InChI is InChI=1S/C9H17NO4S/c1-10(7-3-4-9(11)14-2)15(12,13)8-5-6-8/h8H,3-7H2,1-2H3. The molecule has 0 N–H and O–H groups in total. The van der Waals surface area contributed by atoms with Crippen LogP contribution in [0, 0.1) is 0 Å². The van der Waals surface area contributed by atoms with Crippen LogP contribution in [-0.2, 0) is 19.6 Å². The zero-order valence-corrected chi connectivity index (χ0v) is 9.92. The van der Waals surface area contributed by atoms with E-state index in [9.17, 15) is 13.2 Å². The SMILES string of the molecule is COC(=O)CCCN(C)S(=O)(=O)C1CC1. The molecular formula is C9H17NO4S. The lowest BCUT2D eigenvalue weighted by Crippen LogP contribution is -2.31. The van der Waals surface area contributed by atoms with E-state index in [0.717, 1.165) is 12.8 Å². The Balaban J connectivity index is 2.29. The second kappa shape index (κ2) is 4.94. The Morgan fingerprint density at radius 3 is 2.53 bits per heavy atom. The van der Waals surface area contributed by atoms with Gasteiger partial charge in [0, 0.05) is 20.0 Å². The van der Waals surface area contributed by atoms with Crippen molar-refractivity contribution in [1.29, 1.82) is 0 Å². The minimum Gasteiger partial charge on any atom is -0.469 e. The normalized spacial score (nSPS) is 16.7. The molecule has 0 amide bonds. The quantitative estimate of drug-likeness (QED) is 0.624. The number of hydrogen-bond donors (Lipinski definition) is 0. The van der Waals surface area contributed by atoms with Gasteiger partial charge in [0.1, 0.15) is 0 Å². The first-order valence-electron chi connectivity index (χ1n) is 5.00. The van der Waals surface area contributed by atoms with E-state index in [4.69, 9.17) is 0 Å². The third-order valence-corrected chi connectivity index (χ3v) is 4.83. The number of methoxy groups -OCH3 is 1. The molecule has 0 aliphatic heterocycles. The molecule has 0 heterocycles. The Morgan fingerprint density at radius 2 is 2.07 bits per heavy atom. The molecule has 0 saturated heterocycles. The van der Waals surface area contributed by atoms with Gasteiger partial charge >= 0.3 is 5.97 Å². The van der Waals surface area contributed by atoms with E-state index in [1.165, 1.54) is 11.4 Å². The molecule has 88 valence electrons. The Morgan fingerprint density at radius 1 is 1.47 bits per heavy atom. The first-order chi connectivity index (χ1) is 6.98. The highest BCUT2D eigenvalue weighted by Crippen LogP contribution is 2.30. The van der Waals surface area contributed by atoms with Gasteiger partial charge in [-0.25, -0.2) is 12.7 Å². The third kappa shape index (κ3) is 3.46. The van der Waals surface area contributed by atoms with Crippen molar-refractivity contribution in [3.63, 3.8) is 0 Å². The van der Waals surface area contributed by atoms with Crippen LogP contribution in [0.2, 0.25) is 0 Å². The molecule has 1 rings (SSSR count). The van der Waals surface area contributed by atoms with Gasteiger partial charge in [0.25, 0.3) is 0 Å². The maximum Gasteiger partial charge on any atom is 0.305 e. The van der Waals surface area contributed by atoms with Crippen LogP contribution >= 0.6 is 0 Å². The molecule has 1 aliphatic carbocycles. The summed E-state index contributed by atoms with van der Waals surface area (Å²) in [6.07, 6.45) is 2.31. The lowest BCUT2D eigenvalue weighted by Gasteiger charge is -2.15. The van der Waals surface area contributed by atoms with E-state index in [-0.39, 0.29) is 17.6 Å². The van der Waals surface area contributed by atoms with Crippen molar-refractivity contribution in [2.24, 2.45) is 0 Å². The number of sulfonamides is 1. The van der Waals surface area contributed by atoms with E-state index in [1.807, 2.05) is 0 Å². The van der Waals surface area contributed by atoms with Gasteiger partial charge in [0.05, 0.1) is 12.4 Å². The maximum absolute atomic E-state index is 11.6. The Labute approximate surface area is 90.4 Å². The molecule has 15 heavy (non-hydrogen) atoms. The van der Waals surface area contributed by atoms with Crippen molar-refractivity contribution in [3.8, 4) is 0 Å². The zero-order valence-electron chi connectivity index (χ0n) is 9.10. The van der Waals surface area contributed by atoms with Gasteiger partial charge in [0.2, 0.25) is 10.0 Å². The fraction of sp³-hybridized carbons (Fsp3) is 0.889. The van der Waals surface area contributed by atoms with Gasteiger partial charge in [-0.1, -0.05) is 0 Å². The number of rotatable bonds is 6. The Kier molecular flexibility index (Phi) is 4.10. The van der Waals surface area contributed by atoms with Crippen LogP contribution < -0.4 is 0 Å². The summed E-state index contributed by atoms with van der Waals surface area (Å²) in [6.45, 7) is 0.383. The second-order valence-electron chi connectivity index (χ2n) is 3.75. The summed E-state index contributed by atoms with van der Waals surface area (Å²) in [5, 5.41) is -0.180.